The molecule has 0 saturated heterocycles. The summed E-state index contributed by atoms with van der Waals surface area (Å²) in [6.07, 6.45) is 4.15. The lowest BCUT2D eigenvalue weighted by atomic mass is 10.0. The van der Waals surface area contributed by atoms with Crippen LogP contribution in [0.25, 0.3) is 0 Å². The maximum atomic E-state index is 12.9. The van der Waals surface area contributed by atoms with Crippen molar-refractivity contribution in [3.8, 4) is 0 Å². The average Bonchev–Trinajstić information content (AvgIpc) is 2.72. The predicted molar refractivity (Wildman–Crippen MR) is 126 cm³/mol. The van der Waals surface area contributed by atoms with Gasteiger partial charge in [0.1, 0.15) is 18.1 Å². The highest BCUT2D eigenvalue weighted by Gasteiger charge is 2.31. The van der Waals surface area contributed by atoms with Crippen LogP contribution in [0, 0.1) is 5.92 Å². The lowest BCUT2D eigenvalue weighted by Crippen LogP contribution is -2.58. The van der Waals surface area contributed by atoms with Gasteiger partial charge in [0.25, 0.3) is 0 Å². The number of rotatable bonds is 16. The first kappa shape index (κ1) is 29.5. The van der Waals surface area contributed by atoms with Gasteiger partial charge in [-0.25, -0.2) is 4.79 Å². The second kappa shape index (κ2) is 16.2. The molecule has 0 spiro atoms. The number of amides is 3. The van der Waals surface area contributed by atoms with Crippen molar-refractivity contribution in [2.45, 2.75) is 63.7 Å². The first-order chi connectivity index (χ1) is 14.6. The zero-order valence-corrected chi connectivity index (χ0v) is 20.1. The van der Waals surface area contributed by atoms with Gasteiger partial charge >= 0.3 is 5.97 Å². The zero-order chi connectivity index (χ0) is 24.0. The smallest absolute Gasteiger partial charge is 0.327 e. The van der Waals surface area contributed by atoms with Crippen LogP contribution in [0.1, 0.15) is 39.5 Å². The Morgan fingerprint density at radius 2 is 1.58 bits per heavy atom. The Kier molecular flexibility index (Phi) is 15.4. The van der Waals surface area contributed by atoms with Crippen molar-refractivity contribution in [1.82, 2.24) is 16.0 Å². The van der Waals surface area contributed by atoms with Crippen molar-refractivity contribution in [1.29, 1.82) is 0 Å². The number of nitrogens with one attached hydrogen (secondary N) is 3. The predicted octanol–water partition coefficient (Wildman–Crippen LogP) is -0.679. The third-order valence-electron chi connectivity index (χ3n) is 4.59. The van der Waals surface area contributed by atoms with Gasteiger partial charge < -0.3 is 32.5 Å². The van der Waals surface area contributed by atoms with E-state index in [1.807, 2.05) is 6.26 Å². The number of unbranched alkanes of at least 4 members (excludes halogenated alkanes) is 1. The van der Waals surface area contributed by atoms with Crippen LogP contribution in [0.2, 0.25) is 0 Å². The molecule has 10 nitrogen and oxygen atoms in total. The van der Waals surface area contributed by atoms with Crippen LogP contribution in [0.5, 0.6) is 0 Å². The molecule has 180 valence electrons. The summed E-state index contributed by atoms with van der Waals surface area (Å²) >= 11 is 5.44. The summed E-state index contributed by atoms with van der Waals surface area (Å²) in [4.78, 5) is 49.0. The first-order valence-corrected chi connectivity index (χ1v) is 12.3. The highest BCUT2D eigenvalue weighted by molar-refractivity contribution is 7.98. The molecule has 31 heavy (non-hydrogen) atoms. The fourth-order valence-corrected chi connectivity index (χ4v) is 3.38. The molecule has 0 fully saturated rings. The monoisotopic (exact) mass is 479 g/mol. The maximum Gasteiger partial charge on any atom is 0.327 e. The van der Waals surface area contributed by atoms with Crippen molar-refractivity contribution in [3.63, 3.8) is 0 Å². The molecule has 3 amide bonds. The third kappa shape index (κ3) is 11.6. The number of hydrogen-bond donors (Lipinski definition) is 7. The first-order valence-electron chi connectivity index (χ1n) is 10.3. The molecule has 0 aromatic heterocycles. The van der Waals surface area contributed by atoms with E-state index in [4.69, 9.17) is 16.6 Å². The minimum absolute atomic E-state index is 0.0890. The van der Waals surface area contributed by atoms with Gasteiger partial charge in [0.15, 0.2) is 0 Å². The van der Waals surface area contributed by atoms with Gasteiger partial charge in [-0.1, -0.05) is 20.3 Å². The minimum Gasteiger partial charge on any atom is -0.480 e. The van der Waals surface area contributed by atoms with Gasteiger partial charge in [-0.05, 0) is 43.7 Å². The summed E-state index contributed by atoms with van der Waals surface area (Å²) in [5.41, 5.74) is 11.4. The highest BCUT2D eigenvalue weighted by atomic mass is 32.2. The van der Waals surface area contributed by atoms with Gasteiger partial charge in [0, 0.05) is 5.75 Å². The Hall–Kier alpha value is -1.50. The molecule has 0 aromatic rings. The van der Waals surface area contributed by atoms with Gasteiger partial charge in [-0.15, -0.1) is 0 Å². The molecule has 4 atom stereocenters. The number of aliphatic carboxylic acids is 1. The standard InChI is InChI=1S/C19H37N5O5S2/c1-11(2)15(18(27)23-14(10-30)19(28)29)24-17(26)13(7-9-31-3)22-16(25)12(21)6-4-5-8-20/h11-15,30H,4-10,20-21H2,1-3H3,(H,22,25)(H,23,27)(H,24,26)(H,28,29). The molecule has 0 radical (unpaired) electrons. The Morgan fingerprint density at radius 1 is 0.968 bits per heavy atom. The molecule has 0 saturated carbocycles. The van der Waals surface area contributed by atoms with Crippen molar-refractivity contribution in [2.24, 2.45) is 17.4 Å². The third-order valence-corrected chi connectivity index (χ3v) is 5.60. The van der Waals surface area contributed by atoms with E-state index in [1.54, 1.807) is 13.8 Å². The summed E-state index contributed by atoms with van der Waals surface area (Å²) in [5.74, 6) is -2.60. The number of carbonyl (C=O) groups excluding carboxylic acids is 3. The number of carboxylic acid groups (broad SMARTS) is 1. The number of carbonyl (C=O) groups is 4. The molecule has 0 heterocycles. The number of thiol groups is 1. The van der Waals surface area contributed by atoms with E-state index in [2.05, 4.69) is 28.6 Å². The van der Waals surface area contributed by atoms with Gasteiger partial charge in [-0.2, -0.15) is 24.4 Å². The maximum absolute atomic E-state index is 12.9. The van der Waals surface area contributed by atoms with E-state index in [-0.39, 0.29) is 11.7 Å². The molecule has 12 heteroatoms. The molecule has 0 rings (SSSR count). The molecular formula is C19H37N5O5S2. The van der Waals surface area contributed by atoms with Crippen LogP contribution >= 0.6 is 24.4 Å². The zero-order valence-electron chi connectivity index (χ0n) is 18.4. The van der Waals surface area contributed by atoms with Crippen LogP contribution < -0.4 is 27.4 Å². The Morgan fingerprint density at radius 3 is 2.06 bits per heavy atom. The molecule has 0 aromatic carbocycles. The van der Waals surface area contributed by atoms with Crippen LogP contribution in [0.4, 0.5) is 0 Å². The molecule has 4 unspecified atom stereocenters. The van der Waals surface area contributed by atoms with Crippen molar-refractivity contribution < 1.29 is 24.3 Å². The summed E-state index contributed by atoms with van der Waals surface area (Å²) < 4.78 is 0. The van der Waals surface area contributed by atoms with Crippen LogP contribution in [-0.2, 0) is 19.2 Å². The fourth-order valence-electron chi connectivity index (χ4n) is 2.66. The van der Waals surface area contributed by atoms with Crippen LogP contribution in [0.3, 0.4) is 0 Å². The lowest BCUT2D eigenvalue weighted by molar-refractivity contribution is -0.142. The molecule has 0 aliphatic carbocycles. The SMILES string of the molecule is CSCCC(NC(=O)C(N)CCCCN)C(=O)NC(C(=O)NC(CS)C(=O)O)C(C)C. The topological polar surface area (TPSA) is 177 Å². The summed E-state index contributed by atoms with van der Waals surface area (Å²) in [5, 5.41) is 16.8. The molecule has 0 bridgehead atoms. The van der Waals surface area contributed by atoms with E-state index in [9.17, 15) is 19.2 Å². The van der Waals surface area contributed by atoms with E-state index >= 15 is 0 Å². The number of thioether (sulfide) groups is 1. The quantitative estimate of drug-likeness (QED) is 0.112. The summed E-state index contributed by atoms with van der Waals surface area (Å²) in [6, 6.07) is -3.77. The largest absolute Gasteiger partial charge is 0.480 e. The van der Waals surface area contributed by atoms with Crippen molar-refractivity contribution in [2.75, 3.05) is 24.3 Å². The van der Waals surface area contributed by atoms with Crippen LogP contribution in [0.15, 0.2) is 0 Å². The second-order valence-electron chi connectivity index (χ2n) is 7.55. The normalized spacial score (nSPS) is 14.9. The number of hydrogen-bond acceptors (Lipinski definition) is 8. The van der Waals surface area contributed by atoms with Gasteiger partial charge in [0.2, 0.25) is 17.7 Å². The number of carboxylic acids is 1. The van der Waals surface area contributed by atoms with Crippen LogP contribution in [-0.4, -0.2) is 77.3 Å². The lowest BCUT2D eigenvalue weighted by Gasteiger charge is -2.27. The van der Waals surface area contributed by atoms with Crippen molar-refractivity contribution in [3.05, 3.63) is 0 Å². The summed E-state index contributed by atoms with van der Waals surface area (Å²) in [7, 11) is 0. The van der Waals surface area contributed by atoms with E-state index in [1.165, 1.54) is 11.8 Å². The van der Waals surface area contributed by atoms with Crippen molar-refractivity contribution >= 4 is 48.1 Å². The van der Waals surface area contributed by atoms with Gasteiger partial charge in [-0.3, -0.25) is 14.4 Å². The molecule has 0 aliphatic rings. The van der Waals surface area contributed by atoms with E-state index < -0.39 is 47.9 Å². The highest BCUT2D eigenvalue weighted by Crippen LogP contribution is 2.07. The van der Waals surface area contributed by atoms with E-state index in [0.717, 1.165) is 6.42 Å². The fraction of sp³-hybridized carbons (Fsp3) is 0.789. The minimum atomic E-state index is -1.22. The number of nitrogens with two attached hydrogens (primary N) is 2. The average molecular weight is 480 g/mol. The Balaban J connectivity index is 5.20. The molecule has 8 N–H and O–H groups in total. The van der Waals surface area contributed by atoms with Gasteiger partial charge in [0.05, 0.1) is 6.04 Å². The Labute approximate surface area is 193 Å². The summed E-state index contributed by atoms with van der Waals surface area (Å²) in [6.45, 7) is 3.97. The molecule has 0 aliphatic heterocycles. The van der Waals surface area contributed by atoms with E-state index in [0.29, 0.717) is 31.6 Å². The molecular weight excluding hydrogens is 442 g/mol. The Bertz CT molecular complexity index is 594. The second-order valence-corrected chi connectivity index (χ2v) is 8.90.